The van der Waals surface area contributed by atoms with Crippen molar-refractivity contribution in [2.24, 2.45) is 5.10 Å². The van der Waals surface area contributed by atoms with Crippen LogP contribution in [0.1, 0.15) is 15.9 Å². The number of hydrogen-bond acceptors (Lipinski definition) is 4. The molecule has 140 valence electrons. The predicted octanol–water partition coefficient (Wildman–Crippen LogP) is 3.55. The zero-order valence-electron chi connectivity index (χ0n) is 14.2. The van der Waals surface area contributed by atoms with E-state index in [2.05, 4.69) is 38.4 Å². The molecule has 0 atom stereocenters. The quantitative estimate of drug-likeness (QED) is 0.367. The molecule has 8 heteroatoms. The van der Waals surface area contributed by atoms with Crippen LogP contribution < -0.4 is 15.5 Å². The number of nitrogens with zero attached hydrogens (tertiary/aromatic N) is 1. The Bertz CT molecular complexity index is 871. The minimum atomic E-state index is -0.461. The van der Waals surface area contributed by atoms with Crippen LogP contribution in [0.15, 0.2) is 64.7 Å². The Morgan fingerprint density at radius 1 is 1.26 bits per heavy atom. The Morgan fingerprint density at radius 3 is 2.81 bits per heavy atom. The van der Waals surface area contributed by atoms with Gasteiger partial charge in [0.25, 0.3) is 11.8 Å². The first-order valence-corrected chi connectivity index (χ1v) is 9.05. The Balaban J connectivity index is 1.86. The fraction of sp³-hybridized carbons (Fsp3) is 0.105. The van der Waals surface area contributed by atoms with Gasteiger partial charge in [-0.2, -0.15) is 5.10 Å². The molecule has 0 spiro atoms. The molecule has 0 heterocycles. The lowest BCUT2D eigenvalue weighted by Crippen LogP contribution is -2.34. The van der Waals surface area contributed by atoms with E-state index in [0.29, 0.717) is 22.9 Å². The van der Waals surface area contributed by atoms with Gasteiger partial charge >= 0.3 is 0 Å². The average molecular weight is 451 g/mol. The molecule has 0 aliphatic rings. The third kappa shape index (κ3) is 6.88. The largest absolute Gasteiger partial charge is 0.490 e. The summed E-state index contributed by atoms with van der Waals surface area (Å²) < 4.78 is 6.24. The molecule has 0 aromatic heterocycles. The molecule has 0 saturated carbocycles. The number of carbonyl (C=O) groups is 2. The summed E-state index contributed by atoms with van der Waals surface area (Å²) in [6.07, 6.45) is 3.12. The van der Waals surface area contributed by atoms with Crippen molar-refractivity contribution in [3.8, 4) is 5.75 Å². The summed E-state index contributed by atoms with van der Waals surface area (Å²) in [5, 5.41) is 6.83. The Hall–Kier alpha value is -2.64. The maximum absolute atomic E-state index is 11.9. The van der Waals surface area contributed by atoms with Gasteiger partial charge in [0, 0.05) is 20.6 Å². The van der Waals surface area contributed by atoms with Crippen LogP contribution in [0.25, 0.3) is 0 Å². The summed E-state index contributed by atoms with van der Waals surface area (Å²) in [6, 6.07) is 11.8. The van der Waals surface area contributed by atoms with Crippen LogP contribution in [0.3, 0.4) is 0 Å². The first kappa shape index (κ1) is 20.7. The van der Waals surface area contributed by atoms with Crippen LogP contribution in [-0.4, -0.2) is 31.2 Å². The van der Waals surface area contributed by atoms with Gasteiger partial charge in [-0.1, -0.05) is 46.3 Å². The normalized spacial score (nSPS) is 10.4. The molecule has 6 nitrogen and oxygen atoms in total. The van der Waals surface area contributed by atoms with Crippen molar-refractivity contribution in [3.63, 3.8) is 0 Å². The summed E-state index contributed by atoms with van der Waals surface area (Å²) in [5.41, 5.74) is 3.45. The molecular weight excluding hydrogens is 434 g/mol. The number of hydrazone groups is 1. The number of carbonyl (C=O) groups excluding carboxylic acids is 2. The van der Waals surface area contributed by atoms with Gasteiger partial charge in [-0.3, -0.25) is 9.59 Å². The minimum absolute atomic E-state index is 0.216. The number of halogens is 2. The van der Waals surface area contributed by atoms with E-state index in [9.17, 15) is 9.59 Å². The van der Waals surface area contributed by atoms with Gasteiger partial charge in [0.2, 0.25) is 0 Å². The van der Waals surface area contributed by atoms with Crippen molar-refractivity contribution >= 4 is 45.6 Å². The first-order chi connectivity index (χ1) is 13.0. The topological polar surface area (TPSA) is 79.8 Å². The smallest absolute Gasteiger partial charge is 0.259 e. The van der Waals surface area contributed by atoms with Gasteiger partial charge in [-0.05, 0) is 36.4 Å². The zero-order chi connectivity index (χ0) is 19.6. The van der Waals surface area contributed by atoms with Crippen LogP contribution >= 0.6 is 27.5 Å². The highest BCUT2D eigenvalue weighted by Gasteiger charge is 2.08. The first-order valence-electron chi connectivity index (χ1n) is 7.88. The molecule has 0 saturated heterocycles. The lowest BCUT2D eigenvalue weighted by molar-refractivity contribution is -0.120. The minimum Gasteiger partial charge on any atom is -0.490 e. The second-order valence-corrected chi connectivity index (χ2v) is 6.56. The van der Waals surface area contributed by atoms with E-state index < -0.39 is 11.8 Å². The van der Waals surface area contributed by atoms with E-state index in [-0.39, 0.29) is 6.54 Å². The lowest BCUT2D eigenvalue weighted by Gasteiger charge is -2.06. The van der Waals surface area contributed by atoms with Crippen molar-refractivity contribution in [3.05, 3.63) is 75.7 Å². The molecule has 2 rings (SSSR count). The van der Waals surface area contributed by atoms with Gasteiger partial charge in [-0.25, -0.2) is 5.43 Å². The molecule has 0 aliphatic carbocycles. The van der Waals surface area contributed by atoms with Crippen molar-refractivity contribution in [2.45, 2.75) is 0 Å². The number of nitrogens with one attached hydrogen (secondary N) is 2. The van der Waals surface area contributed by atoms with E-state index >= 15 is 0 Å². The standard InChI is InChI=1S/C19H17BrClN3O3/c1-2-8-27-16-6-7-17(20)14(10-16)11-23-24-18(25)12-22-19(26)13-4-3-5-15(21)9-13/h2-7,9-11H,1,8,12H2,(H,22,26)(H,24,25). The summed E-state index contributed by atoms with van der Waals surface area (Å²) in [7, 11) is 0. The fourth-order valence-corrected chi connectivity index (χ4v) is 2.51. The van der Waals surface area contributed by atoms with Gasteiger partial charge in [-0.15, -0.1) is 0 Å². The second kappa shape index (κ2) is 10.5. The second-order valence-electron chi connectivity index (χ2n) is 5.27. The number of rotatable bonds is 8. The van der Waals surface area contributed by atoms with Crippen molar-refractivity contribution < 1.29 is 14.3 Å². The predicted molar refractivity (Wildman–Crippen MR) is 109 cm³/mol. The molecule has 0 bridgehead atoms. The van der Waals surface area contributed by atoms with Crippen LogP contribution in [0.2, 0.25) is 5.02 Å². The Kier molecular flexibility index (Phi) is 8.03. The molecule has 2 amide bonds. The van der Waals surface area contributed by atoms with Gasteiger partial charge in [0.15, 0.2) is 0 Å². The third-order valence-electron chi connectivity index (χ3n) is 3.22. The van der Waals surface area contributed by atoms with E-state index in [0.717, 1.165) is 10.0 Å². The lowest BCUT2D eigenvalue weighted by atomic mass is 10.2. The molecule has 0 unspecified atom stereocenters. The number of benzene rings is 2. The third-order valence-corrected chi connectivity index (χ3v) is 4.18. The van der Waals surface area contributed by atoms with E-state index in [1.807, 2.05) is 6.07 Å². The number of amides is 2. The summed E-state index contributed by atoms with van der Waals surface area (Å²) in [6.45, 7) is 3.77. The van der Waals surface area contributed by atoms with Crippen LogP contribution in [0.5, 0.6) is 5.75 Å². The summed E-state index contributed by atoms with van der Waals surface area (Å²) in [4.78, 5) is 23.8. The molecular formula is C19H17BrClN3O3. The number of hydrogen-bond donors (Lipinski definition) is 2. The molecule has 2 N–H and O–H groups in total. The molecule has 2 aromatic rings. The average Bonchev–Trinajstić information content (AvgIpc) is 2.66. The zero-order valence-corrected chi connectivity index (χ0v) is 16.6. The van der Waals surface area contributed by atoms with Crippen LogP contribution in [0.4, 0.5) is 0 Å². The van der Waals surface area contributed by atoms with Gasteiger partial charge in [0.05, 0.1) is 12.8 Å². The van der Waals surface area contributed by atoms with Crippen LogP contribution in [0, 0.1) is 0 Å². The van der Waals surface area contributed by atoms with E-state index in [1.165, 1.54) is 12.3 Å². The monoisotopic (exact) mass is 449 g/mol. The summed E-state index contributed by atoms with van der Waals surface area (Å²) in [5.74, 6) is -0.206. The van der Waals surface area contributed by atoms with Crippen molar-refractivity contribution in [1.29, 1.82) is 0 Å². The Labute approximate surface area is 170 Å². The van der Waals surface area contributed by atoms with Gasteiger partial charge in [0.1, 0.15) is 12.4 Å². The molecule has 0 fully saturated rings. The molecule has 0 radical (unpaired) electrons. The van der Waals surface area contributed by atoms with E-state index in [4.69, 9.17) is 16.3 Å². The Morgan fingerprint density at radius 2 is 2.07 bits per heavy atom. The van der Waals surface area contributed by atoms with Crippen molar-refractivity contribution in [2.75, 3.05) is 13.2 Å². The molecule has 0 aliphatic heterocycles. The van der Waals surface area contributed by atoms with Crippen molar-refractivity contribution in [1.82, 2.24) is 10.7 Å². The number of ether oxygens (including phenoxy) is 1. The molecule has 27 heavy (non-hydrogen) atoms. The van der Waals surface area contributed by atoms with Crippen LogP contribution in [-0.2, 0) is 4.79 Å². The maximum atomic E-state index is 11.9. The molecule has 2 aromatic carbocycles. The highest BCUT2D eigenvalue weighted by molar-refractivity contribution is 9.10. The highest BCUT2D eigenvalue weighted by atomic mass is 79.9. The SMILES string of the molecule is C=CCOc1ccc(Br)c(C=NNC(=O)CNC(=O)c2cccc(Cl)c2)c1. The maximum Gasteiger partial charge on any atom is 0.259 e. The highest BCUT2D eigenvalue weighted by Crippen LogP contribution is 2.21. The summed E-state index contributed by atoms with van der Waals surface area (Å²) >= 11 is 9.23. The fourth-order valence-electron chi connectivity index (χ4n) is 1.97. The van der Waals surface area contributed by atoms with Gasteiger partial charge < -0.3 is 10.1 Å². The van der Waals surface area contributed by atoms with E-state index in [1.54, 1.807) is 36.4 Å².